The molecule has 5 heteroatoms. The maximum absolute atomic E-state index is 9.90. The van der Waals surface area contributed by atoms with Crippen LogP contribution in [0, 0.1) is 40.9 Å². The Hall–Kier alpha value is -4.41. The average molecular weight is 873 g/mol. The van der Waals surface area contributed by atoms with Gasteiger partial charge in [-0.05, 0) is 168 Å². The normalized spacial score (nSPS) is 29.2. The zero-order valence-electron chi connectivity index (χ0n) is 34.1. The van der Waals surface area contributed by atoms with Crippen LogP contribution in [-0.4, -0.2) is 18.9 Å². The van der Waals surface area contributed by atoms with Gasteiger partial charge in [0, 0.05) is 20.6 Å². The number of aromatic nitrogens is 3. The van der Waals surface area contributed by atoms with Gasteiger partial charge in [0.05, 0.1) is 11.6 Å². The first-order valence-corrected chi connectivity index (χ1v) is 23.0. The Bertz CT molecular complexity index is 2510. The molecular weight excluding hydrogens is 820 g/mol. The number of nitrogens with zero attached hydrogens (tertiary/aromatic N) is 4. The Balaban J connectivity index is 1.14. The summed E-state index contributed by atoms with van der Waals surface area (Å²) in [5, 5.41) is 12.3. The quantitative estimate of drug-likeness (QED) is 0.124. The Kier molecular flexibility index (Phi) is 9.79. The molecule has 0 N–H and O–H groups in total. The van der Waals surface area contributed by atoms with E-state index in [2.05, 4.69) is 140 Å². The van der Waals surface area contributed by atoms with Crippen LogP contribution < -0.4 is 0 Å². The highest BCUT2D eigenvalue weighted by Crippen LogP contribution is 2.56. The van der Waals surface area contributed by atoms with Gasteiger partial charge in [-0.1, -0.05) is 122 Å². The predicted octanol–water partition coefficient (Wildman–Crippen LogP) is 13.9. The molecule has 8 atom stereocenters. The van der Waals surface area contributed by atoms with Crippen molar-refractivity contribution < 1.29 is 0 Å². The van der Waals surface area contributed by atoms with Crippen LogP contribution in [0.4, 0.5) is 0 Å². The van der Waals surface area contributed by atoms with Crippen LogP contribution >= 0.6 is 22.6 Å². The molecule has 292 valence electrons. The molecule has 6 aromatic rings. The van der Waals surface area contributed by atoms with Crippen molar-refractivity contribution in [3.8, 4) is 51.4 Å². The lowest BCUT2D eigenvalue weighted by molar-refractivity contribution is 0.0781. The van der Waals surface area contributed by atoms with Gasteiger partial charge in [0.1, 0.15) is 0 Å². The summed E-state index contributed by atoms with van der Waals surface area (Å²) in [6, 6.07) is 41.9. The molecule has 0 amide bonds. The van der Waals surface area contributed by atoms with Crippen molar-refractivity contribution in [1.82, 2.24) is 15.0 Å². The number of fused-ring (bicyclic) bond motifs is 5. The number of nitriles is 1. The van der Waals surface area contributed by atoms with Gasteiger partial charge in [0.25, 0.3) is 0 Å². The van der Waals surface area contributed by atoms with Crippen LogP contribution in [0.5, 0.6) is 0 Å². The Morgan fingerprint density at radius 1 is 0.500 bits per heavy atom. The average Bonchev–Trinajstić information content (AvgIpc) is 3.22. The molecule has 0 radical (unpaired) electrons. The number of rotatable bonds is 6. The van der Waals surface area contributed by atoms with Gasteiger partial charge in [0.2, 0.25) is 0 Å². The lowest BCUT2D eigenvalue weighted by atomic mass is 9.54. The third-order valence-corrected chi connectivity index (χ3v) is 15.5. The molecule has 4 nitrogen and oxygen atoms in total. The first-order chi connectivity index (χ1) is 28.1. The van der Waals surface area contributed by atoms with Crippen LogP contribution in [0.25, 0.3) is 56.1 Å². The largest absolute Gasteiger partial charge is 0.208 e. The van der Waals surface area contributed by atoms with Gasteiger partial charge in [0.15, 0.2) is 17.5 Å². The molecule has 1 heterocycles. The van der Waals surface area contributed by atoms with E-state index in [1.807, 2.05) is 18.2 Å². The second kappa shape index (κ2) is 15.0. The second-order valence-electron chi connectivity index (χ2n) is 19.3. The van der Waals surface area contributed by atoms with Gasteiger partial charge in [-0.3, -0.25) is 0 Å². The molecule has 4 aliphatic carbocycles. The molecule has 58 heavy (non-hydrogen) atoms. The zero-order chi connectivity index (χ0) is 39.6. The summed E-state index contributed by atoms with van der Waals surface area (Å²) < 4.78 is 0.737. The van der Waals surface area contributed by atoms with Crippen LogP contribution in [0.2, 0.25) is 0 Å². The first-order valence-electron chi connectivity index (χ1n) is 21.8. The van der Waals surface area contributed by atoms with E-state index in [0.717, 1.165) is 49.5 Å². The van der Waals surface area contributed by atoms with Gasteiger partial charge in [-0.25, -0.2) is 15.0 Å². The Labute approximate surface area is 358 Å². The number of halogens is 1. The second-order valence-corrected chi connectivity index (χ2v) is 21.1. The molecule has 4 aliphatic rings. The van der Waals surface area contributed by atoms with Gasteiger partial charge >= 0.3 is 0 Å². The van der Waals surface area contributed by atoms with Crippen molar-refractivity contribution in [2.24, 2.45) is 29.6 Å². The highest BCUT2D eigenvalue weighted by atomic mass is 127. The first kappa shape index (κ1) is 37.8. The van der Waals surface area contributed by atoms with Crippen LogP contribution in [0.15, 0.2) is 109 Å². The zero-order valence-corrected chi connectivity index (χ0v) is 36.3. The van der Waals surface area contributed by atoms with Crippen molar-refractivity contribution in [3.63, 3.8) is 0 Å². The highest BCUT2D eigenvalue weighted by Gasteiger charge is 2.47. The lowest BCUT2D eigenvalue weighted by Crippen LogP contribution is -2.43. The Morgan fingerprint density at radius 3 is 1.78 bits per heavy atom. The van der Waals surface area contributed by atoms with E-state index in [0.29, 0.717) is 34.9 Å². The minimum Gasteiger partial charge on any atom is -0.208 e. The van der Waals surface area contributed by atoms with Crippen LogP contribution in [0.1, 0.15) is 102 Å². The monoisotopic (exact) mass is 872 g/mol. The third-order valence-electron chi connectivity index (χ3n) is 14.5. The predicted molar refractivity (Wildman–Crippen MR) is 246 cm³/mol. The fraction of sp³-hybridized carbons (Fsp3) is 0.396. The molecule has 3 unspecified atom stereocenters. The van der Waals surface area contributed by atoms with E-state index in [-0.39, 0.29) is 10.8 Å². The van der Waals surface area contributed by atoms with Gasteiger partial charge in [-0.15, -0.1) is 0 Å². The summed E-state index contributed by atoms with van der Waals surface area (Å²) >= 11 is 2.72. The Morgan fingerprint density at radius 2 is 1.09 bits per heavy atom. The minimum absolute atomic E-state index is 0.107. The van der Waals surface area contributed by atoms with Crippen LogP contribution in [-0.2, 0) is 10.8 Å². The molecule has 5 aromatic carbocycles. The molecule has 0 aliphatic heterocycles. The third kappa shape index (κ3) is 7.18. The van der Waals surface area contributed by atoms with E-state index in [4.69, 9.17) is 15.0 Å². The number of alkyl halides is 1. The van der Waals surface area contributed by atoms with E-state index in [1.54, 1.807) is 0 Å². The molecular formula is C53H53IN4. The van der Waals surface area contributed by atoms with Crippen molar-refractivity contribution in [3.05, 3.63) is 126 Å². The maximum atomic E-state index is 9.90. The van der Waals surface area contributed by atoms with Crippen molar-refractivity contribution in [2.45, 2.75) is 99.7 Å². The minimum atomic E-state index is 0.107. The topological polar surface area (TPSA) is 62.5 Å². The molecule has 4 fully saturated rings. The SMILES string of the molecule is C[C@@H]1CC2C[C@H](C)CC(c3cc(-c4cccc(C#N)c4)cc(-c4nc(-c5ccc(C67C[C@@H](C)C[C@@H](C[C@@H](I)C6)C7)cc5)nc(-c5ccc6ccccc6c5)n4)c3)(C2)C1. The molecule has 4 bridgehead atoms. The highest BCUT2D eigenvalue weighted by molar-refractivity contribution is 14.1. The van der Waals surface area contributed by atoms with Crippen molar-refractivity contribution >= 4 is 33.4 Å². The summed E-state index contributed by atoms with van der Waals surface area (Å²) in [4.78, 5) is 16.0. The smallest absolute Gasteiger partial charge is 0.164 e. The van der Waals surface area contributed by atoms with Gasteiger partial charge in [-0.2, -0.15) is 5.26 Å². The van der Waals surface area contributed by atoms with E-state index >= 15 is 0 Å². The summed E-state index contributed by atoms with van der Waals surface area (Å²) in [7, 11) is 0. The summed E-state index contributed by atoms with van der Waals surface area (Å²) in [5.41, 5.74) is 9.10. The molecule has 1 aromatic heterocycles. The van der Waals surface area contributed by atoms with Gasteiger partial charge < -0.3 is 0 Å². The summed E-state index contributed by atoms with van der Waals surface area (Å²) in [5.74, 6) is 5.81. The van der Waals surface area contributed by atoms with Crippen molar-refractivity contribution in [2.75, 3.05) is 0 Å². The summed E-state index contributed by atoms with van der Waals surface area (Å²) in [6.45, 7) is 7.38. The number of hydrogen-bond donors (Lipinski definition) is 0. The molecule has 0 saturated heterocycles. The lowest BCUT2D eigenvalue weighted by Gasteiger charge is -2.50. The van der Waals surface area contributed by atoms with Crippen molar-refractivity contribution in [1.29, 1.82) is 5.26 Å². The fourth-order valence-electron chi connectivity index (χ4n) is 12.7. The maximum Gasteiger partial charge on any atom is 0.164 e. The van der Waals surface area contributed by atoms with E-state index in [9.17, 15) is 5.26 Å². The van der Waals surface area contributed by atoms with E-state index < -0.39 is 0 Å². The summed E-state index contributed by atoms with van der Waals surface area (Å²) in [6.07, 6.45) is 12.9. The number of hydrogen-bond acceptors (Lipinski definition) is 4. The number of benzene rings is 5. The standard InChI is InChI=1S/C53H53IN4/c1-33-17-37-18-34(2)27-52(26-33,29-37)47-24-44(41-10-6-7-36(20-41)32-55)23-45(25-47)51-57-49(56-50(58-51)43-12-11-39-8-4-5-9-42(39)22-43)40-13-15-46(16-14-40)53-28-35(3)19-38(30-53)21-48(54)31-53/h4-16,20,22-25,33-35,37-38,48H,17-19,21,26-31H2,1-3H3/t33-,34+,35-,37?,38-,48+,52?,53?/m0/s1. The molecule has 10 rings (SSSR count). The molecule has 0 spiro atoms. The fourth-order valence-corrected chi connectivity index (χ4v) is 14.3. The molecule has 4 saturated carbocycles. The van der Waals surface area contributed by atoms with Crippen LogP contribution in [0.3, 0.4) is 0 Å². The van der Waals surface area contributed by atoms with E-state index in [1.165, 1.54) is 86.1 Å².